The second kappa shape index (κ2) is 4.30. The van der Waals surface area contributed by atoms with Gasteiger partial charge in [0.1, 0.15) is 0 Å². The van der Waals surface area contributed by atoms with E-state index in [1.807, 2.05) is 12.1 Å². The number of hydrogen-bond acceptors (Lipinski definition) is 2. The molecule has 0 aromatic heterocycles. The average Bonchev–Trinajstić information content (AvgIpc) is 2.19. The van der Waals surface area contributed by atoms with Crippen LogP contribution in [0.3, 0.4) is 0 Å². The lowest BCUT2D eigenvalue weighted by atomic mass is 10.0. The molecule has 2 rings (SSSR count). The van der Waals surface area contributed by atoms with Gasteiger partial charge in [0.2, 0.25) is 0 Å². The van der Waals surface area contributed by atoms with Crippen LogP contribution in [0.5, 0.6) is 0 Å². The van der Waals surface area contributed by atoms with Crippen molar-refractivity contribution in [2.75, 3.05) is 19.8 Å². The molecule has 0 bridgehead atoms. The van der Waals surface area contributed by atoms with Gasteiger partial charge in [-0.25, -0.2) is 0 Å². The Balaban J connectivity index is 2.29. The van der Waals surface area contributed by atoms with E-state index in [4.69, 9.17) is 16.3 Å². The molecule has 1 aromatic carbocycles. The van der Waals surface area contributed by atoms with Gasteiger partial charge < -0.3 is 10.1 Å². The third-order valence-electron chi connectivity index (χ3n) is 2.54. The molecule has 0 saturated carbocycles. The number of rotatable bonds is 1. The molecule has 1 heterocycles. The van der Waals surface area contributed by atoms with Gasteiger partial charge in [-0.15, -0.1) is 0 Å². The van der Waals surface area contributed by atoms with Crippen molar-refractivity contribution in [2.24, 2.45) is 0 Å². The Labute approximate surface area is 89.2 Å². The Morgan fingerprint density at radius 3 is 3.00 bits per heavy atom. The predicted molar refractivity (Wildman–Crippen MR) is 57.8 cm³/mol. The van der Waals surface area contributed by atoms with Crippen LogP contribution < -0.4 is 5.32 Å². The topological polar surface area (TPSA) is 21.3 Å². The van der Waals surface area contributed by atoms with Crippen LogP contribution in [0.4, 0.5) is 0 Å². The van der Waals surface area contributed by atoms with Crippen LogP contribution >= 0.6 is 11.6 Å². The molecule has 76 valence electrons. The molecule has 1 aliphatic heterocycles. The second-order valence-corrected chi connectivity index (χ2v) is 3.96. The van der Waals surface area contributed by atoms with Gasteiger partial charge in [0.15, 0.2) is 0 Å². The fourth-order valence-electron chi connectivity index (χ4n) is 1.84. The molecule has 1 atom stereocenters. The minimum Gasteiger partial charge on any atom is -0.378 e. The smallest absolute Gasteiger partial charge is 0.0662 e. The van der Waals surface area contributed by atoms with Crippen LogP contribution in [0.2, 0.25) is 5.02 Å². The molecule has 1 saturated heterocycles. The van der Waals surface area contributed by atoms with Crippen LogP contribution in [0.1, 0.15) is 17.2 Å². The number of aryl methyl sites for hydroxylation is 1. The van der Waals surface area contributed by atoms with Gasteiger partial charge in [0, 0.05) is 11.6 Å². The van der Waals surface area contributed by atoms with Crippen molar-refractivity contribution in [1.82, 2.24) is 5.32 Å². The first-order valence-electron chi connectivity index (χ1n) is 4.85. The molecule has 1 unspecified atom stereocenters. The Bertz CT molecular complexity index is 301. The summed E-state index contributed by atoms with van der Waals surface area (Å²) in [5, 5.41) is 4.23. The van der Waals surface area contributed by atoms with Crippen LogP contribution in [0.25, 0.3) is 0 Å². The zero-order valence-electron chi connectivity index (χ0n) is 8.22. The molecule has 0 spiro atoms. The van der Waals surface area contributed by atoms with Gasteiger partial charge in [-0.2, -0.15) is 0 Å². The highest BCUT2D eigenvalue weighted by Crippen LogP contribution is 2.27. The third-order valence-corrected chi connectivity index (χ3v) is 2.87. The molecule has 1 aromatic rings. The molecule has 1 N–H and O–H groups in total. The zero-order valence-corrected chi connectivity index (χ0v) is 8.97. The summed E-state index contributed by atoms with van der Waals surface area (Å²) in [5.74, 6) is 0. The summed E-state index contributed by atoms with van der Waals surface area (Å²) < 4.78 is 5.43. The monoisotopic (exact) mass is 211 g/mol. The third kappa shape index (κ3) is 1.92. The molecule has 14 heavy (non-hydrogen) atoms. The first kappa shape index (κ1) is 9.97. The molecule has 3 heteroatoms. The quantitative estimate of drug-likeness (QED) is 0.770. The van der Waals surface area contributed by atoms with E-state index in [1.54, 1.807) is 0 Å². The Morgan fingerprint density at radius 1 is 1.50 bits per heavy atom. The lowest BCUT2D eigenvalue weighted by Crippen LogP contribution is -2.35. The fourth-order valence-corrected chi connectivity index (χ4v) is 2.19. The van der Waals surface area contributed by atoms with E-state index < -0.39 is 0 Å². The van der Waals surface area contributed by atoms with Gasteiger partial charge in [-0.05, 0) is 24.1 Å². The van der Waals surface area contributed by atoms with Gasteiger partial charge in [0.05, 0.1) is 19.3 Å². The standard InChI is InChI=1S/C11H14ClNO/c1-8-3-2-4-9(12)11(8)10-7-14-6-5-13-10/h2-4,10,13H,5-7H2,1H3. The van der Waals surface area contributed by atoms with Crippen molar-refractivity contribution in [3.8, 4) is 0 Å². The van der Waals surface area contributed by atoms with Crippen LogP contribution in [0.15, 0.2) is 18.2 Å². The van der Waals surface area contributed by atoms with Gasteiger partial charge in [0.25, 0.3) is 0 Å². The normalized spacial score (nSPS) is 22.3. The molecule has 0 amide bonds. The molecule has 1 aliphatic rings. The highest BCUT2D eigenvalue weighted by molar-refractivity contribution is 6.31. The molecule has 2 nitrogen and oxygen atoms in total. The molecule has 0 radical (unpaired) electrons. The van der Waals surface area contributed by atoms with Crippen molar-refractivity contribution < 1.29 is 4.74 Å². The van der Waals surface area contributed by atoms with E-state index in [-0.39, 0.29) is 6.04 Å². The molecule has 1 fully saturated rings. The predicted octanol–water partition coefficient (Wildman–Crippen LogP) is 2.31. The first-order chi connectivity index (χ1) is 6.79. The highest BCUT2D eigenvalue weighted by atomic mass is 35.5. The maximum Gasteiger partial charge on any atom is 0.0662 e. The van der Waals surface area contributed by atoms with E-state index in [9.17, 15) is 0 Å². The maximum atomic E-state index is 6.17. The SMILES string of the molecule is Cc1cccc(Cl)c1C1COCCN1. The largest absolute Gasteiger partial charge is 0.378 e. The van der Waals surface area contributed by atoms with Gasteiger partial charge >= 0.3 is 0 Å². The summed E-state index contributed by atoms with van der Waals surface area (Å²) in [6, 6.07) is 6.24. The second-order valence-electron chi connectivity index (χ2n) is 3.55. The summed E-state index contributed by atoms with van der Waals surface area (Å²) in [5.41, 5.74) is 2.40. The summed E-state index contributed by atoms with van der Waals surface area (Å²) >= 11 is 6.17. The number of morpholine rings is 1. The number of ether oxygens (including phenoxy) is 1. The lowest BCUT2D eigenvalue weighted by molar-refractivity contribution is 0.0767. The van der Waals surface area contributed by atoms with E-state index in [2.05, 4.69) is 18.3 Å². The van der Waals surface area contributed by atoms with Crippen molar-refractivity contribution >= 4 is 11.6 Å². The van der Waals surface area contributed by atoms with E-state index in [1.165, 1.54) is 11.1 Å². The van der Waals surface area contributed by atoms with Gasteiger partial charge in [-0.3, -0.25) is 0 Å². The summed E-state index contributed by atoms with van der Waals surface area (Å²) in [7, 11) is 0. The summed E-state index contributed by atoms with van der Waals surface area (Å²) in [4.78, 5) is 0. The zero-order chi connectivity index (χ0) is 9.97. The Morgan fingerprint density at radius 2 is 2.36 bits per heavy atom. The average molecular weight is 212 g/mol. The fraction of sp³-hybridized carbons (Fsp3) is 0.455. The Kier molecular flexibility index (Phi) is 3.06. The van der Waals surface area contributed by atoms with Crippen molar-refractivity contribution in [3.63, 3.8) is 0 Å². The Hall–Kier alpha value is -0.570. The molecule has 0 aliphatic carbocycles. The first-order valence-corrected chi connectivity index (χ1v) is 5.23. The van der Waals surface area contributed by atoms with Crippen LogP contribution in [0, 0.1) is 6.92 Å². The number of nitrogens with one attached hydrogen (secondary N) is 1. The number of hydrogen-bond donors (Lipinski definition) is 1. The summed E-state index contributed by atoms with van der Waals surface area (Å²) in [6.07, 6.45) is 0. The minimum absolute atomic E-state index is 0.248. The highest BCUT2D eigenvalue weighted by Gasteiger charge is 2.19. The van der Waals surface area contributed by atoms with Gasteiger partial charge in [-0.1, -0.05) is 23.7 Å². The van der Waals surface area contributed by atoms with Crippen LogP contribution in [-0.2, 0) is 4.74 Å². The maximum absolute atomic E-state index is 6.17. The van der Waals surface area contributed by atoms with Crippen molar-refractivity contribution in [3.05, 3.63) is 34.3 Å². The van der Waals surface area contributed by atoms with Crippen molar-refractivity contribution in [2.45, 2.75) is 13.0 Å². The van der Waals surface area contributed by atoms with Crippen LogP contribution in [-0.4, -0.2) is 19.8 Å². The summed E-state index contributed by atoms with van der Waals surface area (Å²) in [6.45, 7) is 4.48. The van der Waals surface area contributed by atoms with Crippen molar-refractivity contribution in [1.29, 1.82) is 0 Å². The number of benzene rings is 1. The van der Waals surface area contributed by atoms with E-state index in [0.717, 1.165) is 18.2 Å². The lowest BCUT2D eigenvalue weighted by Gasteiger charge is -2.26. The van der Waals surface area contributed by atoms with E-state index >= 15 is 0 Å². The number of halogens is 1. The minimum atomic E-state index is 0.248. The molecular formula is C11H14ClNO. The van der Waals surface area contributed by atoms with E-state index in [0.29, 0.717) is 6.61 Å². The molecular weight excluding hydrogens is 198 g/mol.